The summed E-state index contributed by atoms with van der Waals surface area (Å²) in [5.74, 6) is 0.756. The molecule has 0 fully saturated rings. The summed E-state index contributed by atoms with van der Waals surface area (Å²) in [5.41, 5.74) is 0.396. The average Bonchev–Trinajstić information content (AvgIpc) is 2.46. The zero-order chi connectivity index (χ0) is 14.3. The zero-order valence-corrected chi connectivity index (χ0v) is 11.5. The molecular weight excluding hydrogens is 244 g/mol. The summed E-state index contributed by atoms with van der Waals surface area (Å²) in [5, 5.41) is 8.63. The minimum absolute atomic E-state index is 0.188. The fraction of sp³-hybridized carbons (Fsp3) is 0.429. The number of methoxy groups -OCH3 is 2. The van der Waals surface area contributed by atoms with Crippen molar-refractivity contribution >= 4 is 5.91 Å². The summed E-state index contributed by atoms with van der Waals surface area (Å²) < 4.78 is 10.4. The number of carbonyl (C=O) groups excluding carboxylic acids is 1. The van der Waals surface area contributed by atoms with Gasteiger partial charge in [0.1, 0.15) is 17.1 Å². The van der Waals surface area contributed by atoms with Crippen molar-refractivity contribution in [1.82, 2.24) is 4.90 Å². The molecule has 0 unspecified atom stereocenters. The van der Waals surface area contributed by atoms with Crippen molar-refractivity contribution in [3.8, 4) is 17.6 Å². The van der Waals surface area contributed by atoms with Gasteiger partial charge in [0.25, 0.3) is 5.91 Å². The van der Waals surface area contributed by atoms with Gasteiger partial charge in [0.05, 0.1) is 26.7 Å². The van der Waals surface area contributed by atoms with Crippen molar-refractivity contribution < 1.29 is 14.3 Å². The monoisotopic (exact) mass is 262 g/mol. The highest BCUT2D eigenvalue weighted by Gasteiger charge is 2.22. The third-order valence-corrected chi connectivity index (χ3v) is 2.80. The fourth-order valence-electron chi connectivity index (χ4n) is 1.81. The van der Waals surface area contributed by atoms with Crippen LogP contribution in [0.4, 0.5) is 0 Å². The second-order valence-corrected chi connectivity index (χ2v) is 3.83. The van der Waals surface area contributed by atoms with Crippen LogP contribution in [0.2, 0.25) is 0 Å². The van der Waals surface area contributed by atoms with Crippen molar-refractivity contribution in [2.24, 2.45) is 0 Å². The number of benzene rings is 1. The second-order valence-electron chi connectivity index (χ2n) is 3.83. The third-order valence-electron chi connectivity index (χ3n) is 2.80. The van der Waals surface area contributed by atoms with E-state index in [4.69, 9.17) is 14.7 Å². The third kappa shape index (κ3) is 3.38. The first-order chi connectivity index (χ1) is 9.19. The Hall–Kier alpha value is -2.22. The lowest BCUT2D eigenvalue weighted by molar-refractivity contribution is 0.0761. The van der Waals surface area contributed by atoms with Gasteiger partial charge in [-0.05, 0) is 19.1 Å². The SMILES string of the molecule is CCN(CCC#N)C(=O)c1c(OC)cccc1OC. The Morgan fingerprint density at radius 1 is 1.32 bits per heavy atom. The van der Waals surface area contributed by atoms with Crippen LogP contribution in [0, 0.1) is 11.3 Å². The summed E-state index contributed by atoms with van der Waals surface area (Å²) in [6.07, 6.45) is 0.303. The van der Waals surface area contributed by atoms with Gasteiger partial charge in [-0.1, -0.05) is 6.07 Å². The lowest BCUT2D eigenvalue weighted by Gasteiger charge is -2.22. The van der Waals surface area contributed by atoms with E-state index in [9.17, 15) is 4.79 Å². The summed E-state index contributed by atoms with van der Waals surface area (Å²) in [4.78, 5) is 14.1. The molecule has 1 aromatic carbocycles. The first-order valence-electron chi connectivity index (χ1n) is 6.06. The van der Waals surface area contributed by atoms with Crippen molar-refractivity contribution in [1.29, 1.82) is 5.26 Å². The highest BCUT2D eigenvalue weighted by atomic mass is 16.5. The standard InChI is InChI=1S/C14H18N2O3/c1-4-16(10-6-9-15)14(17)13-11(18-2)7-5-8-12(13)19-3/h5,7-8H,4,6,10H2,1-3H3. The average molecular weight is 262 g/mol. The highest BCUT2D eigenvalue weighted by Crippen LogP contribution is 2.29. The van der Waals surface area contributed by atoms with E-state index < -0.39 is 0 Å². The van der Waals surface area contributed by atoms with Crippen molar-refractivity contribution in [2.45, 2.75) is 13.3 Å². The Balaban J connectivity index is 3.12. The van der Waals surface area contributed by atoms with Gasteiger partial charge in [-0.15, -0.1) is 0 Å². The first-order valence-corrected chi connectivity index (χ1v) is 6.06. The molecule has 0 spiro atoms. The Bertz CT molecular complexity index is 458. The Labute approximate surface area is 113 Å². The zero-order valence-electron chi connectivity index (χ0n) is 11.5. The van der Waals surface area contributed by atoms with Crippen LogP contribution in [0.3, 0.4) is 0 Å². The summed E-state index contributed by atoms with van der Waals surface area (Å²) in [6.45, 7) is 2.80. The number of carbonyl (C=O) groups is 1. The maximum atomic E-state index is 12.5. The largest absolute Gasteiger partial charge is 0.496 e. The van der Waals surface area contributed by atoms with Crippen molar-refractivity contribution in [2.75, 3.05) is 27.3 Å². The van der Waals surface area contributed by atoms with Crippen molar-refractivity contribution in [3.63, 3.8) is 0 Å². The number of hydrogen-bond acceptors (Lipinski definition) is 4. The topological polar surface area (TPSA) is 62.6 Å². The van der Waals surface area contributed by atoms with Crippen LogP contribution in [0.15, 0.2) is 18.2 Å². The Kier molecular flexibility index (Phi) is 5.68. The molecule has 0 aliphatic heterocycles. The minimum Gasteiger partial charge on any atom is -0.496 e. The van der Waals surface area contributed by atoms with E-state index in [0.717, 1.165) is 0 Å². The normalized spacial score (nSPS) is 9.58. The van der Waals surface area contributed by atoms with Gasteiger partial charge in [-0.2, -0.15) is 5.26 Å². The molecule has 5 nitrogen and oxygen atoms in total. The molecule has 1 rings (SSSR count). The molecule has 0 saturated heterocycles. The molecule has 0 aliphatic rings. The molecule has 1 aromatic rings. The van der Waals surface area contributed by atoms with Gasteiger partial charge in [0, 0.05) is 13.1 Å². The lowest BCUT2D eigenvalue weighted by Crippen LogP contribution is -2.32. The fourth-order valence-corrected chi connectivity index (χ4v) is 1.81. The molecule has 0 atom stereocenters. The van der Waals surface area contributed by atoms with Crippen LogP contribution in [0.25, 0.3) is 0 Å². The van der Waals surface area contributed by atoms with E-state index in [2.05, 4.69) is 0 Å². The first kappa shape index (κ1) is 14.8. The Morgan fingerprint density at radius 3 is 2.32 bits per heavy atom. The molecule has 0 bridgehead atoms. The van der Waals surface area contributed by atoms with Gasteiger partial charge in [0.15, 0.2) is 0 Å². The maximum Gasteiger partial charge on any atom is 0.261 e. The van der Waals surface area contributed by atoms with Crippen molar-refractivity contribution in [3.05, 3.63) is 23.8 Å². The number of amides is 1. The predicted octanol–water partition coefficient (Wildman–Crippen LogP) is 2.08. The smallest absolute Gasteiger partial charge is 0.261 e. The summed E-state index contributed by atoms with van der Waals surface area (Å²) in [7, 11) is 3.02. The van der Waals surface area contributed by atoms with Crippen LogP contribution >= 0.6 is 0 Å². The molecule has 102 valence electrons. The molecule has 0 heterocycles. The minimum atomic E-state index is -0.188. The van der Waals surface area contributed by atoms with E-state index in [1.165, 1.54) is 14.2 Å². The van der Waals surface area contributed by atoms with E-state index in [0.29, 0.717) is 36.6 Å². The number of ether oxygens (including phenoxy) is 2. The molecule has 0 aromatic heterocycles. The molecule has 0 aliphatic carbocycles. The highest BCUT2D eigenvalue weighted by molar-refractivity contribution is 5.99. The molecule has 1 amide bonds. The van der Waals surface area contributed by atoms with Crippen LogP contribution in [-0.4, -0.2) is 38.1 Å². The molecule has 0 saturated carbocycles. The van der Waals surface area contributed by atoms with E-state index in [1.54, 1.807) is 23.1 Å². The second kappa shape index (κ2) is 7.27. The summed E-state index contributed by atoms with van der Waals surface area (Å²) in [6, 6.07) is 7.24. The molecule has 0 radical (unpaired) electrons. The lowest BCUT2D eigenvalue weighted by atomic mass is 10.1. The van der Waals surface area contributed by atoms with Crippen LogP contribution in [-0.2, 0) is 0 Å². The van der Waals surface area contributed by atoms with Gasteiger partial charge in [-0.3, -0.25) is 4.79 Å². The van der Waals surface area contributed by atoms with E-state index >= 15 is 0 Å². The molecular formula is C14H18N2O3. The summed E-state index contributed by atoms with van der Waals surface area (Å²) >= 11 is 0. The van der Waals surface area contributed by atoms with Gasteiger partial charge in [-0.25, -0.2) is 0 Å². The maximum absolute atomic E-state index is 12.5. The number of rotatable bonds is 6. The number of nitriles is 1. The predicted molar refractivity (Wildman–Crippen MR) is 71.4 cm³/mol. The van der Waals surface area contributed by atoms with Crippen LogP contribution < -0.4 is 9.47 Å². The van der Waals surface area contributed by atoms with E-state index in [-0.39, 0.29) is 5.91 Å². The van der Waals surface area contributed by atoms with Gasteiger partial charge >= 0.3 is 0 Å². The van der Waals surface area contributed by atoms with Gasteiger partial charge < -0.3 is 14.4 Å². The number of nitrogens with zero attached hydrogens (tertiary/aromatic N) is 2. The van der Waals surface area contributed by atoms with Crippen LogP contribution in [0.5, 0.6) is 11.5 Å². The molecule has 5 heteroatoms. The number of hydrogen-bond donors (Lipinski definition) is 0. The van der Waals surface area contributed by atoms with Crippen LogP contribution in [0.1, 0.15) is 23.7 Å². The van der Waals surface area contributed by atoms with Gasteiger partial charge in [0.2, 0.25) is 0 Å². The Morgan fingerprint density at radius 2 is 1.89 bits per heavy atom. The van der Waals surface area contributed by atoms with E-state index in [1.807, 2.05) is 13.0 Å². The quantitative estimate of drug-likeness (QED) is 0.787. The molecule has 0 N–H and O–H groups in total. The molecule has 19 heavy (non-hydrogen) atoms.